The second-order valence-electron chi connectivity index (χ2n) is 5.33. The molecular weight excluding hydrogens is 234 g/mol. The van der Waals surface area contributed by atoms with Crippen LogP contribution in [0.2, 0.25) is 0 Å². The number of oxazole rings is 1. The first-order chi connectivity index (χ1) is 8.27. The first-order valence-corrected chi connectivity index (χ1v) is 5.78. The molecule has 98 valence electrons. The third kappa shape index (κ3) is 2.37. The molecule has 2 rings (SSSR count). The topological polar surface area (TPSA) is 74.1 Å². The fourth-order valence-electron chi connectivity index (χ4n) is 1.44. The predicted molar refractivity (Wildman–Crippen MR) is 64.5 cm³/mol. The Morgan fingerprint density at radius 3 is 2.33 bits per heavy atom. The highest BCUT2D eigenvalue weighted by molar-refractivity contribution is 5.05. The van der Waals surface area contributed by atoms with Gasteiger partial charge in [-0.25, -0.2) is 9.78 Å². The van der Waals surface area contributed by atoms with Crippen LogP contribution in [0, 0.1) is 13.8 Å². The van der Waals surface area contributed by atoms with Crippen molar-refractivity contribution in [2.75, 3.05) is 0 Å². The molecule has 0 radical (unpaired) electrons. The maximum Gasteiger partial charge on any atom is 0.437 e. The summed E-state index contributed by atoms with van der Waals surface area (Å²) in [5, 5.41) is 4.15. The summed E-state index contributed by atoms with van der Waals surface area (Å²) < 4.78 is 11.8. The normalized spacial score (nSPS) is 12.1. The Kier molecular flexibility index (Phi) is 2.88. The van der Waals surface area contributed by atoms with Gasteiger partial charge in [-0.1, -0.05) is 20.8 Å². The summed E-state index contributed by atoms with van der Waals surface area (Å²) in [6, 6.07) is 0. The van der Waals surface area contributed by atoms with E-state index in [-0.39, 0.29) is 12.0 Å². The Balaban J connectivity index is 2.30. The minimum absolute atomic E-state index is 0.188. The van der Waals surface area contributed by atoms with E-state index in [4.69, 9.17) is 8.83 Å². The lowest BCUT2D eigenvalue weighted by Crippen LogP contribution is -2.17. The average Bonchev–Trinajstić information content (AvgIpc) is 2.72. The van der Waals surface area contributed by atoms with Crippen LogP contribution in [-0.4, -0.2) is 14.8 Å². The van der Waals surface area contributed by atoms with E-state index in [2.05, 4.69) is 10.1 Å². The molecule has 0 spiro atoms. The van der Waals surface area contributed by atoms with E-state index >= 15 is 0 Å². The van der Waals surface area contributed by atoms with E-state index in [1.54, 1.807) is 0 Å². The van der Waals surface area contributed by atoms with Crippen LogP contribution in [0.1, 0.15) is 44.0 Å². The number of aryl methyl sites for hydroxylation is 2. The molecule has 0 aliphatic rings. The van der Waals surface area contributed by atoms with Crippen molar-refractivity contribution in [3.05, 3.63) is 33.8 Å². The van der Waals surface area contributed by atoms with Crippen molar-refractivity contribution >= 4 is 0 Å². The summed E-state index contributed by atoms with van der Waals surface area (Å²) in [5.41, 5.74) is 0.518. The van der Waals surface area contributed by atoms with Crippen LogP contribution in [0.15, 0.2) is 13.6 Å². The van der Waals surface area contributed by atoms with Gasteiger partial charge in [0.05, 0.1) is 5.69 Å². The zero-order valence-electron chi connectivity index (χ0n) is 11.3. The van der Waals surface area contributed by atoms with Gasteiger partial charge in [0, 0.05) is 5.41 Å². The zero-order chi connectivity index (χ0) is 13.5. The maximum atomic E-state index is 11.6. The fraction of sp³-hybridized carbons (Fsp3) is 0.583. The van der Waals surface area contributed by atoms with Gasteiger partial charge in [0.1, 0.15) is 12.3 Å². The third-order valence-corrected chi connectivity index (χ3v) is 2.61. The van der Waals surface area contributed by atoms with Crippen molar-refractivity contribution in [1.82, 2.24) is 14.8 Å². The molecule has 0 fully saturated rings. The number of nitrogens with zero attached hydrogens (tertiary/aromatic N) is 3. The molecule has 0 amide bonds. The summed E-state index contributed by atoms with van der Waals surface area (Å²) in [4.78, 5) is 15.9. The summed E-state index contributed by atoms with van der Waals surface area (Å²) >= 11 is 0. The van der Waals surface area contributed by atoms with Gasteiger partial charge in [-0.15, -0.1) is 5.10 Å². The van der Waals surface area contributed by atoms with Crippen molar-refractivity contribution in [2.24, 2.45) is 0 Å². The fourth-order valence-corrected chi connectivity index (χ4v) is 1.44. The van der Waals surface area contributed by atoms with Crippen molar-refractivity contribution in [1.29, 1.82) is 0 Å². The molecule has 6 nitrogen and oxygen atoms in total. The van der Waals surface area contributed by atoms with Gasteiger partial charge in [0.15, 0.2) is 0 Å². The Hall–Kier alpha value is -1.85. The van der Waals surface area contributed by atoms with Gasteiger partial charge in [-0.3, -0.25) is 0 Å². The van der Waals surface area contributed by atoms with Crippen LogP contribution >= 0.6 is 0 Å². The zero-order valence-corrected chi connectivity index (χ0v) is 11.3. The van der Waals surface area contributed by atoms with E-state index in [0.717, 1.165) is 11.5 Å². The molecular formula is C12H17N3O3. The van der Waals surface area contributed by atoms with E-state index in [1.165, 1.54) is 4.68 Å². The smallest absolute Gasteiger partial charge is 0.437 e. The molecule has 0 N–H and O–H groups in total. The van der Waals surface area contributed by atoms with Crippen molar-refractivity contribution in [3.63, 3.8) is 0 Å². The molecule has 2 aromatic rings. The number of aromatic nitrogens is 3. The number of hydrogen-bond donors (Lipinski definition) is 0. The third-order valence-electron chi connectivity index (χ3n) is 2.61. The van der Waals surface area contributed by atoms with Crippen LogP contribution in [0.3, 0.4) is 0 Å². The Labute approximate surface area is 105 Å². The molecule has 2 heterocycles. The molecule has 0 saturated carbocycles. The molecule has 6 heteroatoms. The van der Waals surface area contributed by atoms with Crippen LogP contribution < -0.4 is 5.76 Å². The van der Waals surface area contributed by atoms with E-state index in [1.807, 2.05) is 34.6 Å². The molecule has 18 heavy (non-hydrogen) atoms. The summed E-state index contributed by atoms with van der Waals surface area (Å²) in [6.45, 7) is 9.67. The van der Waals surface area contributed by atoms with Crippen LogP contribution in [0.5, 0.6) is 0 Å². The highest BCUT2D eigenvalue weighted by atomic mass is 16.4. The molecule has 0 aliphatic carbocycles. The highest BCUT2D eigenvalue weighted by Crippen LogP contribution is 2.18. The Bertz CT molecular complexity index is 594. The monoisotopic (exact) mass is 251 g/mol. The predicted octanol–water partition coefficient (Wildman–Crippen LogP) is 1.79. The molecule has 0 atom stereocenters. The van der Waals surface area contributed by atoms with Crippen LogP contribution in [-0.2, 0) is 12.0 Å². The second-order valence-corrected chi connectivity index (χ2v) is 5.33. The van der Waals surface area contributed by atoms with Crippen LogP contribution in [0.4, 0.5) is 0 Å². The van der Waals surface area contributed by atoms with Gasteiger partial charge in [0.2, 0.25) is 11.8 Å². The molecule has 0 bridgehead atoms. The molecule has 0 aromatic carbocycles. The first kappa shape index (κ1) is 12.6. The lowest BCUT2D eigenvalue weighted by molar-refractivity contribution is 0.373. The quantitative estimate of drug-likeness (QED) is 0.813. The SMILES string of the molecule is Cc1nc(Cn2nc(C(C)(C)C)oc2=O)oc1C. The minimum Gasteiger partial charge on any atom is -0.444 e. The second kappa shape index (κ2) is 4.12. The first-order valence-electron chi connectivity index (χ1n) is 5.78. The summed E-state index contributed by atoms with van der Waals surface area (Å²) in [5.74, 6) is 1.12. The van der Waals surface area contributed by atoms with E-state index < -0.39 is 5.76 Å². The lowest BCUT2D eigenvalue weighted by Gasteiger charge is -2.10. The Morgan fingerprint density at radius 2 is 1.89 bits per heavy atom. The molecule has 2 aromatic heterocycles. The van der Waals surface area contributed by atoms with Crippen molar-refractivity contribution in [2.45, 2.75) is 46.6 Å². The summed E-state index contributed by atoms with van der Waals surface area (Å²) in [7, 11) is 0. The van der Waals surface area contributed by atoms with Gasteiger partial charge >= 0.3 is 5.76 Å². The molecule has 0 saturated heterocycles. The largest absolute Gasteiger partial charge is 0.444 e. The van der Waals surface area contributed by atoms with Gasteiger partial charge in [-0.2, -0.15) is 4.68 Å². The average molecular weight is 251 g/mol. The molecule has 0 aliphatic heterocycles. The Morgan fingerprint density at radius 1 is 1.22 bits per heavy atom. The van der Waals surface area contributed by atoms with E-state index in [9.17, 15) is 4.79 Å². The number of rotatable bonds is 2. The number of hydrogen-bond acceptors (Lipinski definition) is 5. The summed E-state index contributed by atoms with van der Waals surface area (Å²) in [6.07, 6.45) is 0. The van der Waals surface area contributed by atoms with Crippen molar-refractivity contribution < 1.29 is 8.83 Å². The standard InChI is InChI=1S/C12H17N3O3/c1-7-8(2)17-9(13-7)6-15-11(16)18-10(14-15)12(3,4)5/h6H2,1-5H3. The van der Waals surface area contributed by atoms with Gasteiger partial charge in [-0.05, 0) is 13.8 Å². The highest BCUT2D eigenvalue weighted by Gasteiger charge is 2.23. The van der Waals surface area contributed by atoms with Crippen LogP contribution in [0.25, 0.3) is 0 Å². The van der Waals surface area contributed by atoms with Gasteiger partial charge in [0.25, 0.3) is 0 Å². The lowest BCUT2D eigenvalue weighted by atomic mass is 9.97. The maximum absolute atomic E-state index is 11.6. The van der Waals surface area contributed by atoms with Crippen molar-refractivity contribution in [3.8, 4) is 0 Å². The molecule has 0 unspecified atom stereocenters. The minimum atomic E-state index is -0.492. The van der Waals surface area contributed by atoms with E-state index in [0.29, 0.717) is 11.8 Å². The van der Waals surface area contributed by atoms with Gasteiger partial charge < -0.3 is 8.83 Å².